The van der Waals surface area contributed by atoms with E-state index in [1.165, 1.54) is 29.1 Å². The van der Waals surface area contributed by atoms with Crippen molar-refractivity contribution in [3.63, 3.8) is 0 Å². The average molecular weight is 266 g/mol. The summed E-state index contributed by atoms with van der Waals surface area (Å²) in [4.78, 5) is 9.09. The number of rotatable bonds is 2. The van der Waals surface area contributed by atoms with Crippen LogP contribution in [0.15, 0.2) is 10.2 Å². The zero-order valence-corrected chi connectivity index (χ0v) is 11.6. The molecule has 2 heterocycles. The summed E-state index contributed by atoms with van der Waals surface area (Å²) in [5.41, 5.74) is 2.61. The second-order valence-electron chi connectivity index (χ2n) is 4.06. The molecule has 0 aliphatic heterocycles. The lowest BCUT2D eigenvalue weighted by molar-refractivity contribution is 0.633. The van der Waals surface area contributed by atoms with Crippen molar-refractivity contribution in [1.82, 2.24) is 19.6 Å². The lowest BCUT2D eigenvalue weighted by Gasteiger charge is -2.17. The molecule has 0 spiro atoms. The van der Waals surface area contributed by atoms with E-state index in [-0.39, 0.29) is 0 Å². The van der Waals surface area contributed by atoms with Crippen LogP contribution < -0.4 is 0 Å². The summed E-state index contributed by atoms with van der Waals surface area (Å²) in [5.74, 6) is 0.749. The van der Waals surface area contributed by atoms with Crippen LogP contribution in [-0.4, -0.2) is 32.1 Å². The Morgan fingerprint density at radius 3 is 2.65 bits per heavy atom. The van der Waals surface area contributed by atoms with Gasteiger partial charge in [-0.1, -0.05) is 11.8 Å². The molecule has 0 fully saturated rings. The van der Waals surface area contributed by atoms with Gasteiger partial charge in [0.25, 0.3) is 5.78 Å². The van der Waals surface area contributed by atoms with Crippen molar-refractivity contribution in [3.05, 3.63) is 11.3 Å². The number of nitrogens with zero attached hydrogens (tertiary/aromatic N) is 4. The molecule has 2 aromatic heterocycles. The molecule has 0 atom stereocenters. The van der Waals surface area contributed by atoms with Crippen molar-refractivity contribution in [2.45, 2.75) is 35.9 Å². The van der Waals surface area contributed by atoms with E-state index < -0.39 is 0 Å². The minimum Gasteiger partial charge on any atom is -0.216 e. The topological polar surface area (TPSA) is 43.1 Å². The third kappa shape index (κ3) is 1.83. The number of hydrogen-bond donors (Lipinski definition) is 0. The molecule has 4 nitrogen and oxygen atoms in total. The first-order valence-electron chi connectivity index (χ1n) is 5.70. The van der Waals surface area contributed by atoms with Gasteiger partial charge in [-0.15, -0.1) is 16.9 Å². The highest BCUT2D eigenvalue weighted by Gasteiger charge is 2.19. The first-order valence-corrected chi connectivity index (χ1v) is 8.15. The second-order valence-corrected chi connectivity index (χ2v) is 5.63. The van der Waals surface area contributed by atoms with Crippen LogP contribution in [0.4, 0.5) is 0 Å². The van der Waals surface area contributed by atoms with Gasteiger partial charge in [0.05, 0.1) is 5.69 Å². The summed E-state index contributed by atoms with van der Waals surface area (Å²) < 4.78 is 1.90. The Hall–Kier alpha value is -0.750. The van der Waals surface area contributed by atoms with Crippen LogP contribution in [0.1, 0.15) is 24.1 Å². The fourth-order valence-corrected chi connectivity index (χ4v) is 3.38. The van der Waals surface area contributed by atoms with Gasteiger partial charge in [0.1, 0.15) is 5.03 Å². The Labute approximate surface area is 109 Å². The standard InChI is InChI=1S/C11H14N4S2/c1-16-9-7-5-3-4-6-8(7)12-10-13-11(17-2)14-15(9)10/h3-6H2,1-2H3. The zero-order chi connectivity index (χ0) is 11.8. The van der Waals surface area contributed by atoms with E-state index in [4.69, 9.17) is 0 Å². The Balaban J connectivity index is 2.29. The van der Waals surface area contributed by atoms with Gasteiger partial charge in [-0.25, -0.2) is 4.98 Å². The van der Waals surface area contributed by atoms with Gasteiger partial charge in [0.15, 0.2) is 0 Å². The van der Waals surface area contributed by atoms with Gasteiger partial charge in [-0.2, -0.15) is 9.50 Å². The minimum atomic E-state index is 0.749. The Morgan fingerprint density at radius 1 is 1.06 bits per heavy atom. The summed E-state index contributed by atoms with van der Waals surface area (Å²) in [6.07, 6.45) is 8.81. The van der Waals surface area contributed by atoms with E-state index in [0.717, 1.165) is 23.8 Å². The van der Waals surface area contributed by atoms with Gasteiger partial charge in [-0.3, -0.25) is 0 Å². The van der Waals surface area contributed by atoms with E-state index >= 15 is 0 Å². The lowest BCUT2D eigenvalue weighted by atomic mass is 9.97. The van der Waals surface area contributed by atoms with Crippen LogP contribution in [0.25, 0.3) is 5.78 Å². The highest BCUT2D eigenvalue weighted by atomic mass is 32.2. The number of fused-ring (bicyclic) bond motifs is 2. The van der Waals surface area contributed by atoms with Crippen LogP contribution in [0, 0.1) is 0 Å². The van der Waals surface area contributed by atoms with Gasteiger partial charge in [-0.05, 0) is 38.2 Å². The first kappa shape index (κ1) is 11.3. The molecule has 90 valence electrons. The molecule has 0 radical (unpaired) electrons. The van der Waals surface area contributed by atoms with E-state index in [1.807, 2.05) is 10.8 Å². The molecule has 0 unspecified atom stereocenters. The third-order valence-corrected chi connectivity index (χ3v) is 4.41. The van der Waals surface area contributed by atoms with Crippen molar-refractivity contribution >= 4 is 29.3 Å². The zero-order valence-electron chi connectivity index (χ0n) is 9.93. The van der Waals surface area contributed by atoms with Crippen molar-refractivity contribution < 1.29 is 0 Å². The summed E-state index contributed by atoms with van der Waals surface area (Å²) in [6, 6.07) is 0. The highest BCUT2D eigenvalue weighted by molar-refractivity contribution is 7.98. The molecule has 1 aliphatic rings. The van der Waals surface area contributed by atoms with E-state index in [1.54, 1.807) is 23.5 Å². The largest absolute Gasteiger partial charge is 0.254 e. The maximum absolute atomic E-state index is 4.66. The van der Waals surface area contributed by atoms with Crippen LogP contribution in [0.5, 0.6) is 0 Å². The van der Waals surface area contributed by atoms with Gasteiger partial charge in [0.2, 0.25) is 5.16 Å². The van der Waals surface area contributed by atoms with Crippen LogP contribution in [0.2, 0.25) is 0 Å². The summed E-state index contributed by atoms with van der Waals surface area (Å²) in [7, 11) is 0. The average Bonchev–Trinajstić information content (AvgIpc) is 2.78. The predicted molar refractivity (Wildman–Crippen MR) is 71.0 cm³/mol. The lowest BCUT2D eigenvalue weighted by Crippen LogP contribution is -2.11. The second kappa shape index (κ2) is 4.49. The van der Waals surface area contributed by atoms with Gasteiger partial charge in [0, 0.05) is 5.56 Å². The van der Waals surface area contributed by atoms with Crippen molar-refractivity contribution in [2.75, 3.05) is 12.5 Å². The molecule has 0 N–H and O–H groups in total. The molecule has 0 aromatic carbocycles. The Bertz CT molecular complexity index is 564. The van der Waals surface area contributed by atoms with Crippen molar-refractivity contribution in [1.29, 1.82) is 0 Å². The smallest absolute Gasteiger partial charge is 0.216 e. The molecule has 1 aliphatic carbocycles. The molecule has 2 aromatic rings. The van der Waals surface area contributed by atoms with Gasteiger partial charge < -0.3 is 0 Å². The quantitative estimate of drug-likeness (QED) is 0.617. The fourth-order valence-electron chi connectivity index (χ4n) is 2.28. The molecule has 0 bridgehead atoms. The number of aryl methyl sites for hydroxylation is 1. The van der Waals surface area contributed by atoms with Crippen molar-refractivity contribution in [2.24, 2.45) is 0 Å². The monoisotopic (exact) mass is 266 g/mol. The van der Waals surface area contributed by atoms with Crippen LogP contribution in [-0.2, 0) is 12.8 Å². The van der Waals surface area contributed by atoms with Crippen molar-refractivity contribution in [3.8, 4) is 0 Å². The molecule has 0 saturated heterocycles. The molecule has 17 heavy (non-hydrogen) atoms. The first-order chi connectivity index (χ1) is 8.33. The van der Waals surface area contributed by atoms with Crippen LogP contribution >= 0.6 is 23.5 Å². The predicted octanol–water partition coefficient (Wildman–Crippen LogP) is 2.45. The Morgan fingerprint density at radius 2 is 1.88 bits per heavy atom. The summed E-state index contributed by atoms with van der Waals surface area (Å²) >= 11 is 3.31. The minimum absolute atomic E-state index is 0.749. The SMILES string of the molecule is CSc1nc2nc3c(c(SC)n2n1)CCCC3. The molecule has 0 saturated carbocycles. The number of thioether (sulfide) groups is 2. The van der Waals surface area contributed by atoms with Crippen LogP contribution in [0.3, 0.4) is 0 Å². The molecule has 3 rings (SSSR count). The maximum Gasteiger partial charge on any atom is 0.254 e. The highest BCUT2D eigenvalue weighted by Crippen LogP contribution is 2.29. The van der Waals surface area contributed by atoms with E-state index in [0.29, 0.717) is 0 Å². The molecular formula is C11H14N4S2. The fraction of sp³-hybridized carbons (Fsp3) is 0.545. The molecule has 0 amide bonds. The van der Waals surface area contributed by atoms with Gasteiger partial charge >= 0.3 is 0 Å². The number of aromatic nitrogens is 4. The van der Waals surface area contributed by atoms with E-state index in [2.05, 4.69) is 21.3 Å². The third-order valence-electron chi connectivity index (χ3n) is 3.07. The number of hydrogen-bond acceptors (Lipinski definition) is 5. The molecule has 6 heteroatoms. The van der Waals surface area contributed by atoms with E-state index in [9.17, 15) is 0 Å². The summed E-state index contributed by atoms with van der Waals surface area (Å²) in [6.45, 7) is 0. The Kier molecular flexibility index (Phi) is 3.00. The molecular weight excluding hydrogens is 252 g/mol. The summed E-state index contributed by atoms with van der Waals surface area (Å²) in [5, 5.41) is 6.52. The maximum atomic E-state index is 4.66. The normalized spacial score (nSPS) is 15.2.